The molecular weight excluding hydrogens is 542 g/mol. The fourth-order valence-electron chi connectivity index (χ4n) is 4.71. The number of aliphatic imine (C=N–C) groups is 2. The number of nitrogens with one attached hydrogen (secondary N) is 4. The monoisotopic (exact) mass is 587 g/mol. The van der Waals surface area contributed by atoms with Crippen LogP contribution in [0, 0.1) is 0 Å². The summed E-state index contributed by atoms with van der Waals surface area (Å²) in [5, 5.41) is 14.5. The number of nitrogens with zero attached hydrogens (tertiary/aromatic N) is 5. The quantitative estimate of drug-likeness (QED) is 0.109. The Morgan fingerprint density at radius 1 is 1.05 bits per heavy atom. The smallest absolute Gasteiger partial charge is 0.226 e. The Morgan fingerprint density at radius 2 is 1.83 bits per heavy atom. The molecule has 4 N–H and O–H groups in total. The summed E-state index contributed by atoms with van der Waals surface area (Å²) < 4.78 is 2.45. The molecule has 42 heavy (non-hydrogen) atoms. The Bertz CT molecular complexity index is 1260. The van der Waals surface area contributed by atoms with E-state index in [-0.39, 0.29) is 0 Å². The van der Waals surface area contributed by atoms with Crippen LogP contribution in [0.5, 0.6) is 0 Å². The SMILES string of the molecule is C\C=N/C(=N\C=C(C)\C=C\C1=C\CC=C/C=C(/C=N\NC)C1)Nc1ccc(SN2CCNCC2)c(N2CCNCC2)c1. The van der Waals surface area contributed by atoms with E-state index in [1.165, 1.54) is 16.2 Å². The highest BCUT2D eigenvalue weighted by molar-refractivity contribution is 7.97. The van der Waals surface area contributed by atoms with Gasteiger partial charge in [0.2, 0.25) is 5.96 Å². The Hall–Kier alpha value is -3.44. The first-order valence-electron chi connectivity index (χ1n) is 14.8. The van der Waals surface area contributed by atoms with Crippen LogP contribution in [0.15, 0.2) is 97.6 Å². The van der Waals surface area contributed by atoms with Crippen molar-refractivity contribution in [2.45, 2.75) is 31.6 Å². The Morgan fingerprint density at radius 3 is 2.60 bits per heavy atom. The van der Waals surface area contributed by atoms with Crippen LogP contribution in [0.25, 0.3) is 0 Å². The maximum absolute atomic E-state index is 4.70. The highest BCUT2D eigenvalue weighted by atomic mass is 32.2. The van der Waals surface area contributed by atoms with Gasteiger partial charge in [0.1, 0.15) is 0 Å². The Labute approximate surface area is 255 Å². The first-order chi connectivity index (χ1) is 20.6. The molecule has 0 spiro atoms. The van der Waals surface area contributed by atoms with Gasteiger partial charge in [-0.15, -0.1) is 0 Å². The summed E-state index contributed by atoms with van der Waals surface area (Å²) in [7, 11) is 1.81. The molecule has 0 radical (unpaired) electrons. The molecule has 2 aliphatic heterocycles. The van der Waals surface area contributed by atoms with Gasteiger partial charge < -0.3 is 26.3 Å². The number of piperazine rings is 2. The van der Waals surface area contributed by atoms with E-state index in [9.17, 15) is 0 Å². The lowest BCUT2D eigenvalue weighted by atomic mass is 10.0. The highest BCUT2D eigenvalue weighted by Crippen LogP contribution is 2.35. The normalized spacial score (nSPS) is 22.2. The maximum atomic E-state index is 4.70. The summed E-state index contributed by atoms with van der Waals surface area (Å²) in [6, 6.07) is 6.60. The lowest BCUT2D eigenvalue weighted by Crippen LogP contribution is -2.44. The summed E-state index contributed by atoms with van der Waals surface area (Å²) in [6.45, 7) is 12.1. The van der Waals surface area contributed by atoms with Crippen molar-refractivity contribution >= 4 is 41.7 Å². The lowest BCUT2D eigenvalue weighted by molar-refractivity contribution is 0.396. The van der Waals surface area contributed by atoms with E-state index in [1.54, 1.807) is 13.3 Å². The minimum absolute atomic E-state index is 0.558. The van der Waals surface area contributed by atoms with Crippen LogP contribution < -0.4 is 26.3 Å². The van der Waals surface area contributed by atoms with E-state index < -0.39 is 0 Å². The molecule has 1 aromatic rings. The van der Waals surface area contributed by atoms with E-state index in [0.29, 0.717) is 5.96 Å². The molecule has 0 atom stereocenters. The topological polar surface area (TPSA) is 91.7 Å². The van der Waals surface area contributed by atoms with Crippen molar-refractivity contribution in [1.82, 2.24) is 20.4 Å². The molecule has 0 bridgehead atoms. The molecule has 224 valence electrons. The second-order valence-corrected chi connectivity index (χ2v) is 11.3. The van der Waals surface area contributed by atoms with Gasteiger partial charge in [0.25, 0.3) is 0 Å². The number of benzene rings is 1. The predicted molar refractivity (Wildman–Crippen MR) is 182 cm³/mol. The summed E-state index contributed by atoms with van der Waals surface area (Å²) in [4.78, 5) is 13.0. The molecule has 9 nitrogen and oxygen atoms in total. The standard InChI is InChI=1S/C32H45N9S/c1-4-36-32(37-24-26(2)10-11-27-8-6-5-7-9-28(22-27)25-38-33-3)39-29-12-13-31(42-41-20-16-35-17-21-41)30(23-29)40-18-14-34-15-19-40/h4-5,7-13,23-25,33-35H,6,14-22H2,1-3H3,(H,37,39)/b7-5?,11-10+,26-24+,27-8-,28-9+,36-4-,38-25-. The number of guanidine groups is 1. The van der Waals surface area contributed by atoms with Crippen LogP contribution in [-0.4, -0.2) is 82.1 Å². The zero-order chi connectivity index (χ0) is 29.4. The summed E-state index contributed by atoms with van der Waals surface area (Å²) in [5.41, 5.74) is 8.50. The van der Waals surface area contributed by atoms with Gasteiger partial charge in [-0.3, -0.25) is 0 Å². The lowest BCUT2D eigenvalue weighted by Gasteiger charge is -2.33. The van der Waals surface area contributed by atoms with Gasteiger partial charge in [-0.1, -0.05) is 36.5 Å². The Balaban J connectivity index is 1.48. The third-order valence-corrected chi connectivity index (χ3v) is 8.07. The van der Waals surface area contributed by atoms with Gasteiger partial charge in [-0.05, 0) is 73.6 Å². The van der Waals surface area contributed by atoms with E-state index in [4.69, 9.17) is 4.99 Å². The minimum Gasteiger partial charge on any atom is -0.368 e. The van der Waals surface area contributed by atoms with Gasteiger partial charge in [0, 0.05) is 82.4 Å². The number of hydrogen-bond acceptors (Lipinski definition) is 8. The van der Waals surface area contributed by atoms with Crippen LogP contribution in [0.2, 0.25) is 0 Å². The minimum atomic E-state index is 0.558. The van der Waals surface area contributed by atoms with E-state index in [1.807, 2.05) is 31.3 Å². The average molecular weight is 588 g/mol. The molecule has 2 saturated heterocycles. The predicted octanol–water partition coefficient (Wildman–Crippen LogP) is 4.74. The van der Waals surface area contributed by atoms with Crippen molar-refractivity contribution in [3.63, 3.8) is 0 Å². The molecule has 4 rings (SSSR count). The summed E-state index contributed by atoms with van der Waals surface area (Å²) >= 11 is 1.86. The van der Waals surface area contributed by atoms with Crippen molar-refractivity contribution in [1.29, 1.82) is 0 Å². The molecule has 0 aromatic heterocycles. The molecule has 0 saturated carbocycles. The van der Waals surface area contributed by atoms with Crippen molar-refractivity contribution < 1.29 is 0 Å². The number of anilines is 2. The van der Waals surface area contributed by atoms with Crippen molar-refractivity contribution in [3.05, 3.63) is 77.6 Å². The largest absolute Gasteiger partial charge is 0.368 e. The molecule has 2 fully saturated rings. The average Bonchev–Trinajstić information content (AvgIpc) is 3.00. The molecule has 3 aliphatic rings. The first kappa shape index (κ1) is 31.5. The van der Waals surface area contributed by atoms with Gasteiger partial charge in [-0.2, -0.15) is 5.10 Å². The number of rotatable bonds is 9. The zero-order valence-electron chi connectivity index (χ0n) is 25.1. The van der Waals surface area contributed by atoms with Crippen LogP contribution in [0.1, 0.15) is 26.7 Å². The van der Waals surface area contributed by atoms with Gasteiger partial charge in [-0.25, -0.2) is 14.3 Å². The fraction of sp³-hybridized carbons (Fsp3) is 0.406. The molecule has 1 aliphatic carbocycles. The third kappa shape index (κ3) is 10.4. The second-order valence-electron chi connectivity index (χ2n) is 10.2. The van der Waals surface area contributed by atoms with Crippen LogP contribution in [0.4, 0.5) is 11.4 Å². The van der Waals surface area contributed by atoms with Gasteiger partial charge in [0.05, 0.1) is 11.9 Å². The number of hydrazone groups is 1. The van der Waals surface area contributed by atoms with Gasteiger partial charge >= 0.3 is 0 Å². The molecule has 2 heterocycles. The van der Waals surface area contributed by atoms with Gasteiger partial charge in [0.15, 0.2) is 0 Å². The molecule has 10 heteroatoms. The summed E-state index contributed by atoms with van der Waals surface area (Å²) in [6.07, 6.45) is 20.1. The maximum Gasteiger partial charge on any atom is 0.226 e. The van der Waals surface area contributed by atoms with E-state index in [2.05, 4.69) is 102 Å². The highest BCUT2D eigenvalue weighted by Gasteiger charge is 2.19. The first-order valence-corrected chi connectivity index (χ1v) is 15.6. The number of hydrogen-bond donors (Lipinski definition) is 4. The third-order valence-electron chi connectivity index (χ3n) is 6.91. The van der Waals surface area contributed by atoms with E-state index >= 15 is 0 Å². The molecule has 1 aromatic carbocycles. The molecule has 0 unspecified atom stereocenters. The second kappa shape index (κ2) is 17.5. The van der Waals surface area contributed by atoms with E-state index in [0.717, 1.165) is 82.0 Å². The van der Waals surface area contributed by atoms with Crippen LogP contribution in [0.3, 0.4) is 0 Å². The van der Waals surface area contributed by atoms with Crippen LogP contribution >= 0.6 is 11.9 Å². The zero-order valence-corrected chi connectivity index (χ0v) is 26.0. The number of allylic oxidation sites excluding steroid dienone is 9. The van der Waals surface area contributed by atoms with Crippen LogP contribution in [-0.2, 0) is 0 Å². The molecular formula is C32H45N9S. The molecule has 0 amide bonds. The Kier molecular flexibility index (Phi) is 13.1. The van der Waals surface area contributed by atoms with Crippen molar-refractivity contribution in [3.8, 4) is 0 Å². The fourth-order valence-corrected chi connectivity index (χ4v) is 5.77. The summed E-state index contributed by atoms with van der Waals surface area (Å²) in [5.74, 6) is 0.558. The van der Waals surface area contributed by atoms with Crippen molar-refractivity contribution in [2.24, 2.45) is 15.1 Å². The van der Waals surface area contributed by atoms with Crippen molar-refractivity contribution in [2.75, 3.05) is 69.6 Å².